The number of benzene rings is 2. The average molecular weight is 354 g/mol. The Balaban J connectivity index is 1.83. The van der Waals surface area contributed by atoms with E-state index < -0.39 is 0 Å². The first-order valence-corrected chi connectivity index (χ1v) is 8.46. The zero-order valence-electron chi connectivity index (χ0n) is 14.4. The van der Waals surface area contributed by atoms with Crippen molar-refractivity contribution in [1.29, 1.82) is 5.26 Å². The molecule has 0 spiro atoms. The van der Waals surface area contributed by atoms with E-state index in [9.17, 15) is 4.39 Å². The van der Waals surface area contributed by atoms with Crippen molar-refractivity contribution in [1.82, 2.24) is 14.8 Å². The lowest BCUT2D eigenvalue weighted by atomic mass is 10.0. The molecule has 0 radical (unpaired) electrons. The van der Waals surface area contributed by atoms with Crippen molar-refractivity contribution in [2.45, 2.75) is 6.54 Å². The van der Waals surface area contributed by atoms with E-state index >= 15 is 0 Å². The van der Waals surface area contributed by atoms with E-state index in [4.69, 9.17) is 5.26 Å². The summed E-state index contributed by atoms with van der Waals surface area (Å²) in [4.78, 5) is 4.07. The Morgan fingerprint density at radius 1 is 0.963 bits per heavy atom. The van der Waals surface area contributed by atoms with Crippen LogP contribution in [0.15, 0.2) is 79.3 Å². The summed E-state index contributed by atoms with van der Waals surface area (Å²) in [5.74, 6) is -0.281. The Kier molecular flexibility index (Phi) is 4.46. The van der Waals surface area contributed by atoms with Gasteiger partial charge in [0, 0.05) is 23.5 Å². The van der Waals surface area contributed by atoms with E-state index in [1.807, 2.05) is 41.2 Å². The van der Waals surface area contributed by atoms with E-state index in [1.54, 1.807) is 30.6 Å². The summed E-state index contributed by atoms with van der Waals surface area (Å²) in [6.07, 6.45) is 5.27. The summed E-state index contributed by atoms with van der Waals surface area (Å²) < 4.78 is 15.3. The summed E-state index contributed by atoms with van der Waals surface area (Å²) in [6, 6.07) is 19.8. The van der Waals surface area contributed by atoms with Gasteiger partial charge in [-0.05, 0) is 59.7 Å². The molecule has 2 aromatic heterocycles. The second-order valence-corrected chi connectivity index (χ2v) is 6.12. The number of halogens is 1. The molecule has 0 bridgehead atoms. The SMILES string of the molecule is N#Cc1cccc(Cn2ncc(-c3ccncc3)c2-c2ccc(F)cc2)c1. The summed E-state index contributed by atoms with van der Waals surface area (Å²) in [6.45, 7) is 0.507. The van der Waals surface area contributed by atoms with Gasteiger partial charge in [0.15, 0.2) is 0 Å². The Bertz CT molecular complexity index is 1110. The maximum absolute atomic E-state index is 13.4. The van der Waals surface area contributed by atoms with Crippen molar-refractivity contribution in [3.8, 4) is 28.5 Å². The second-order valence-electron chi connectivity index (χ2n) is 6.12. The second kappa shape index (κ2) is 7.22. The average Bonchev–Trinajstić information content (AvgIpc) is 3.13. The van der Waals surface area contributed by atoms with E-state index in [2.05, 4.69) is 16.2 Å². The largest absolute Gasteiger partial charge is 0.265 e. The number of nitriles is 1. The van der Waals surface area contributed by atoms with Gasteiger partial charge in [-0.2, -0.15) is 10.4 Å². The molecule has 27 heavy (non-hydrogen) atoms. The topological polar surface area (TPSA) is 54.5 Å². The van der Waals surface area contributed by atoms with Crippen LogP contribution in [-0.4, -0.2) is 14.8 Å². The third-order valence-electron chi connectivity index (χ3n) is 4.34. The van der Waals surface area contributed by atoms with Gasteiger partial charge in [0.05, 0.1) is 30.1 Å². The van der Waals surface area contributed by atoms with Crippen LogP contribution in [0.5, 0.6) is 0 Å². The molecule has 0 aliphatic rings. The van der Waals surface area contributed by atoms with Crippen molar-refractivity contribution in [2.24, 2.45) is 0 Å². The molecule has 0 atom stereocenters. The van der Waals surface area contributed by atoms with Crippen LogP contribution in [0.25, 0.3) is 22.4 Å². The van der Waals surface area contributed by atoms with Crippen LogP contribution < -0.4 is 0 Å². The monoisotopic (exact) mass is 354 g/mol. The minimum absolute atomic E-state index is 0.281. The molecule has 0 N–H and O–H groups in total. The van der Waals surface area contributed by atoms with E-state index in [0.29, 0.717) is 12.1 Å². The molecule has 0 saturated heterocycles. The maximum Gasteiger partial charge on any atom is 0.123 e. The zero-order valence-corrected chi connectivity index (χ0v) is 14.4. The molecule has 4 aromatic rings. The Morgan fingerprint density at radius 3 is 2.48 bits per heavy atom. The third kappa shape index (κ3) is 3.46. The first kappa shape index (κ1) is 16.7. The third-order valence-corrected chi connectivity index (χ3v) is 4.34. The highest BCUT2D eigenvalue weighted by molar-refractivity contribution is 5.80. The molecule has 0 aliphatic heterocycles. The van der Waals surface area contributed by atoms with Crippen LogP contribution in [0.3, 0.4) is 0 Å². The summed E-state index contributed by atoms with van der Waals surface area (Å²) in [7, 11) is 0. The number of pyridine rings is 1. The van der Waals surface area contributed by atoms with Gasteiger partial charge >= 0.3 is 0 Å². The lowest BCUT2D eigenvalue weighted by Crippen LogP contribution is -2.04. The molecule has 0 saturated carbocycles. The summed E-state index contributed by atoms with van der Waals surface area (Å²) >= 11 is 0. The van der Waals surface area contributed by atoms with Crippen molar-refractivity contribution >= 4 is 0 Å². The van der Waals surface area contributed by atoms with Gasteiger partial charge in [-0.3, -0.25) is 9.67 Å². The molecule has 0 fully saturated rings. The Hall–Kier alpha value is -3.78. The fourth-order valence-corrected chi connectivity index (χ4v) is 3.07. The van der Waals surface area contributed by atoms with Crippen LogP contribution in [-0.2, 0) is 6.54 Å². The van der Waals surface area contributed by atoms with E-state index in [1.165, 1.54) is 12.1 Å². The minimum Gasteiger partial charge on any atom is -0.265 e. The molecule has 0 unspecified atom stereocenters. The molecule has 4 rings (SSSR count). The van der Waals surface area contributed by atoms with Gasteiger partial charge < -0.3 is 0 Å². The van der Waals surface area contributed by atoms with Crippen LogP contribution in [0.2, 0.25) is 0 Å². The molecular weight excluding hydrogens is 339 g/mol. The van der Waals surface area contributed by atoms with Crippen LogP contribution in [0.1, 0.15) is 11.1 Å². The smallest absolute Gasteiger partial charge is 0.123 e. The molecule has 2 aromatic carbocycles. The highest BCUT2D eigenvalue weighted by Gasteiger charge is 2.15. The predicted molar refractivity (Wildman–Crippen MR) is 101 cm³/mol. The minimum atomic E-state index is -0.281. The van der Waals surface area contributed by atoms with Crippen molar-refractivity contribution < 1.29 is 4.39 Å². The molecule has 2 heterocycles. The predicted octanol–water partition coefficient (Wildman–Crippen LogP) is 4.67. The Morgan fingerprint density at radius 2 is 1.74 bits per heavy atom. The standard InChI is InChI=1S/C22H15FN4/c23-20-6-4-19(5-7-20)22-21(18-8-10-25-11-9-18)14-26-27(22)15-17-3-1-2-16(12-17)13-24/h1-12,14H,15H2. The van der Waals surface area contributed by atoms with Crippen LogP contribution >= 0.6 is 0 Å². The number of nitrogens with zero attached hydrogens (tertiary/aromatic N) is 4. The first-order chi connectivity index (χ1) is 13.2. The molecule has 4 nitrogen and oxygen atoms in total. The van der Waals surface area contributed by atoms with Crippen molar-refractivity contribution in [3.05, 3.63) is 96.2 Å². The molecule has 0 amide bonds. The normalized spacial score (nSPS) is 10.5. The van der Waals surface area contributed by atoms with Crippen molar-refractivity contribution in [2.75, 3.05) is 0 Å². The van der Waals surface area contributed by atoms with Gasteiger partial charge in [-0.1, -0.05) is 12.1 Å². The summed E-state index contributed by atoms with van der Waals surface area (Å²) in [5, 5.41) is 13.7. The van der Waals surface area contributed by atoms with Crippen LogP contribution in [0, 0.1) is 17.1 Å². The fourth-order valence-electron chi connectivity index (χ4n) is 3.07. The van der Waals surface area contributed by atoms with Crippen LogP contribution in [0.4, 0.5) is 4.39 Å². The number of hydrogen-bond acceptors (Lipinski definition) is 3. The molecule has 130 valence electrons. The van der Waals surface area contributed by atoms with E-state index in [0.717, 1.165) is 27.9 Å². The van der Waals surface area contributed by atoms with Gasteiger partial charge in [-0.15, -0.1) is 0 Å². The highest BCUT2D eigenvalue weighted by atomic mass is 19.1. The summed E-state index contributed by atoms with van der Waals surface area (Å²) in [5.41, 5.74) is 5.28. The fraction of sp³-hybridized carbons (Fsp3) is 0.0455. The molecular formula is C22H15FN4. The molecule has 0 aliphatic carbocycles. The maximum atomic E-state index is 13.4. The highest BCUT2D eigenvalue weighted by Crippen LogP contribution is 2.32. The lowest BCUT2D eigenvalue weighted by molar-refractivity contribution is 0.627. The quantitative estimate of drug-likeness (QED) is 0.535. The van der Waals surface area contributed by atoms with Gasteiger partial charge in [-0.25, -0.2) is 4.39 Å². The number of hydrogen-bond donors (Lipinski definition) is 0. The zero-order chi connectivity index (χ0) is 18.6. The van der Waals surface area contributed by atoms with Gasteiger partial charge in [0.25, 0.3) is 0 Å². The Labute approximate surface area is 156 Å². The number of rotatable bonds is 4. The lowest BCUT2D eigenvalue weighted by Gasteiger charge is -2.11. The number of aromatic nitrogens is 3. The molecule has 5 heteroatoms. The van der Waals surface area contributed by atoms with E-state index in [-0.39, 0.29) is 5.82 Å². The van der Waals surface area contributed by atoms with Gasteiger partial charge in [0.1, 0.15) is 5.82 Å². The first-order valence-electron chi connectivity index (χ1n) is 8.46. The van der Waals surface area contributed by atoms with Gasteiger partial charge in [0.2, 0.25) is 0 Å². The van der Waals surface area contributed by atoms with Crippen molar-refractivity contribution in [3.63, 3.8) is 0 Å².